The number of nitrogens with zero attached hydrogens (tertiary/aromatic N) is 1. The fraction of sp³-hybridized carbons (Fsp3) is 0.0952. The van der Waals surface area contributed by atoms with Gasteiger partial charge in [0.15, 0.2) is 0 Å². The van der Waals surface area contributed by atoms with Crippen LogP contribution >= 0.6 is 0 Å². The van der Waals surface area contributed by atoms with E-state index in [4.69, 9.17) is 0 Å². The molecule has 3 heteroatoms. The van der Waals surface area contributed by atoms with Crippen LogP contribution in [0.1, 0.15) is 16.8 Å². The number of carbonyl (C=O) groups is 1. The van der Waals surface area contributed by atoms with E-state index in [-0.39, 0.29) is 5.91 Å². The lowest BCUT2D eigenvalue weighted by Gasteiger charge is -2.05. The number of aryl methyl sites for hydroxylation is 2. The van der Waals surface area contributed by atoms with Crippen molar-refractivity contribution < 1.29 is 4.79 Å². The molecule has 0 radical (unpaired) electrons. The van der Waals surface area contributed by atoms with Crippen molar-refractivity contribution in [2.24, 2.45) is 7.05 Å². The largest absolute Gasteiger partial charge is 0.351 e. The summed E-state index contributed by atoms with van der Waals surface area (Å²) in [6.07, 6.45) is 3.98. The van der Waals surface area contributed by atoms with E-state index in [0.717, 1.165) is 39.2 Å². The molecule has 0 saturated heterocycles. The Kier molecular flexibility index (Phi) is 3.35. The normalized spacial score (nSPS) is 14.8. The van der Waals surface area contributed by atoms with E-state index in [1.165, 1.54) is 0 Å². The van der Waals surface area contributed by atoms with Crippen LogP contribution in [-0.4, -0.2) is 10.5 Å². The molecule has 0 unspecified atom stereocenters. The maximum Gasteiger partial charge on any atom is 0.256 e. The summed E-state index contributed by atoms with van der Waals surface area (Å²) in [5, 5.41) is 2.99. The average Bonchev–Trinajstić information content (AvgIpc) is 3.09. The zero-order valence-electron chi connectivity index (χ0n) is 13.7. The second-order valence-corrected chi connectivity index (χ2v) is 6.13. The SMILES string of the molecule is Cc1ccn(C)c1/C=C1\C(=O)Nc2cc(-c3ccccc3)ccc21. The molecule has 1 N–H and O–H groups in total. The zero-order chi connectivity index (χ0) is 16.7. The second-order valence-electron chi connectivity index (χ2n) is 6.13. The molecule has 0 fully saturated rings. The van der Waals surface area contributed by atoms with E-state index < -0.39 is 0 Å². The number of anilines is 1. The summed E-state index contributed by atoms with van der Waals surface area (Å²) in [7, 11) is 1.99. The van der Waals surface area contributed by atoms with Gasteiger partial charge in [0.1, 0.15) is 0 Å². The van der Waals surface area contributed by atoms with Gasteiger partial charge in [-0.3, -0.25) is 4.79 Å². The molecule has 0 aliphatic carbocycles. The average molecular weight is 314 g/mol. The monoisotopic (exact) mass is 314 g/mol. The lowest BCUT2D eigenvalue weighted by Crippen LogP contribution is -2.04. The van der Waals surface area contributed by atoms with E-state index in [0.29, 0.717) is 0 Å². The van der Waals surface area contributed by atoms with Gasteiger partial charge in [0.25, 0.3) is 5.91 Å². The number of fused-ring (bicyclic) bond motifs is 1. The zero-order valence-corrected chi connectivity index (χ0v) is 13.7. The summed E-state index contributed by atoms with van der Waals surface area (Å²) in [5.74, 6) is -0.0455. The fourth-order valence-corrected chi connectivity index (χ4v) is 3.17. The Balaban J connectivity index is 1.79. The minimum atomic E-state index is -0.0455. The highest BCUT2D eigenvalue weighted by Gasteiger charge is 2.25. The molecule has 1 aliphatic rings. The van der Waals surface area contributed by atoms with E-state index in [2.05, 4.69) is 36.5 Å². The predicted octanol–water partition coefficient (Wildman–Crippen LogP) is 4.49. The summed E-state index contributed by atoms with van der Waals surface area (Å²) in [6, 6.07) is 18.4. The van der Waals surface area contributed by atoms with Crippen LogP contribution in [-0.2, 0) is 11.8 Å². The number of hydrogen-bond donors (Lipinski definition) is 1. The number of rotatable bonds is 2. The minimum Gasteiger partial charge on any atom is -0.351 e. The summed E-state index contributed by atoms with van der Waals surface area (Å²) < 4.78 is 2.03. The van der Waals surface area contributed by atoms with Crippen molar-refractivity contribution in [1.29, 1.82) is 0 Å². The number of aromatic nitrogens is 1. The molecular formula is C21H18N2O. The van der Waals surface area contributed by atoms with Crippen molar-refractivity contribution in [2.75, 3.05) is 5.32 Å². The summed E-state index contributed by atoms with van der Waals surface area (Å²) in [4.78, 5) is 12.4. The van der Waals surface area contributed by atoms with Crippen LogP contribution in [0.3, 0.4) is 0 Å². The third kappa shape index (κ3) is 2.35. The first-order valence-corrected chi connectivity index (χ1v) is 7.98. The van der Waals surface area contributed by atoms with E-state index in [1.807, 2.05) is 54.2 Å². The van der Waals surface area contributed by atoms with Gasteiger partial charge < -0.3 is 9.88 Å². The number of carbonyl (C=O) groups excluding carboxylic acids is 1. The van der Waals surface area contributed by atoms with Crippen LogP contribution in [0, 0.1) is 6.92 Å². The molecule has 1 aliphatic heterocycles. The minimum absolute atomic E-state index is 0.0455. The molecular weight excluding hydrogens is 296 g/mol. The first kappa shape index (κ1) is 14.5. The summed E-state index contributed by atoms with van der Waals surface area (Å²) in [5.41, 5.74) is 7.01. The van der Waals surface area contributed by atoms with Crippen molar-refractivity contribution in [3.8, 4) is 11.1 Å². The van der Waals surface area contributed by atoms with E-state index in [9.17, 15) is 4.79 Å². The van der Waals surface area contributed by atoms with E-state index >= 15 is 0 Å². The van der Waals surface area contributed by atoms with Gasteiger partial charge in [-0.15, -0.1) is 0 Å². The molecule has 1 amide bonds. The summed E-state index contributed by atoms with van der Waals surface area (Å²) in [6.45, 7) is 2.05. The van der Waals surface area contributed by atoms with Gasteiger partial charge in [-0.05, 0) is 41.8 Å². The maximum atomic E-state index is 12.4. The molecule has 118 valence electrons. The Morgan fingerprint density at radius 1 is 1.00 bits per heavy atom. The summed E-state index contributed by atoms with van der Waals surface area (Å²) >= 11 is 0. The molecule has 4 rings (SSSR count). The Bertz CT molecular complexity index is 945. The second kappa shape index (κ2) is 5.53. The smallest absolute Gasteiger partial charge is 0.256 e. The van der Waals surface area contributed by atoms with Crippen LogP contribution in [0.15, 0.2) is 60.8 Å². The van der Waals surface area contributed by atoms with Crippen LogP contribution < -0.4 is 5.32 Å². The topological polar surface area (TPSA) is 34.0 Å². The number of benzene rings is 2. The predicted molar refractivity (Wildman–Crippen MR) is 98.5 cm³/mol. The third-order valence-electron chi connectivity index (χ3n) is 4.52. The first-order valence-electron chi connectivity index (χ1n) is 7.98. The number of nitrogens with one attached hydrogen (secondary N) is 1. The molecule has 0 atom stereocenters. The molecule has 24 heavy (non-hydrogen) atoms. The molecule has 0 spiro atoms. The highest BCUT2D eigenvalue weighted by molar-refractivity contribution is 6.35. The van der Waals surface area contributed by atoms with Crippen LogP contribution in [0.5, 0.6) is 0 Å². The Hall–Kier alpha value is -3.07. The van der Waals surface area contributed by atoms with Gasteiger partial charge >= 0.3 is 0 Å². The molecule has 2 aromatic carbocycles. The number of hydrogen-bond acceptors (Lipinski definition) is 1. The van der Waals surface area contributed by atoms with Crippen LogP contribution in [0.4, 0.5) is 5.69 Å². The Morgan fingerprint density at radius 3 is 2.50 bits per heavy atom. The third-order valence-corrected chi connectivity index (χ3v) is 4.52. The lowest BCUT2D eigenvalue weighted by atomic mass is 10.00. The highest BCUT2D eigenvalue weighted by Crippen LogP contribution is 2.36. The van der Waals surface area contributed by atoms with Gasteiger partial charge in [-0.25, -0.2) is 0 Å². The highest BCUT2D eigenvalue weighted by atomic mass is 16.2. The number of amides is 1. The molecule has 1 aromatic heterocycles. The van der Waals surface area contributed by atoms with Gasteiger partial charge in [0.05, 0.1) is 5.57 Å². The molecule has 0 bridgehead atoms. The van der Waals surface area contributed by atoms with Gasteiger partial charge in [0, 0.05) is 30.2 Å². The quantitative estimate of drug-likeness (QED) is 0.695. The Morgan fingerprint density at radius 2 is 1.79 bits per heavy atom. The fourth-order valence-electron chi connectivity index (χ4n) is 3.17. The maximum absolute atomic E-state index is 12.4. The van der Waals surface area contributed by atoms with Crippen molar-refractivity contribution in [1.82, 2.24) is 4.57 Å². The first-order chi connectivity index (χ1) is 11.6. The van der Waals surface area contributed by atoms with Crippen molar-refractivity contribution >= 4 is 23.2 Å². The van der Waals surface area contributed by atoms with Crippen molar-refractivity contribution in [3.05, 3.63) is 77.6 Å². The standard InChI is InChI=1S/C21H18N2O/c1-14-10-11-23(2)20(14)13-18-17-9-8-16(12-19(17)22-21(18)24)15-6-4-3-5-7-15/h3-13H,1-2H3,(H,22,24)/b18-13-. The van der Waals surface area contributed by atoms with Crippen LogP contribution in [0.25, 0.3) is 22.8 Å². The lowest BCUT2D eigenvalue weighted by molar-refractivity contribution is -0.110. The molecule has 3 nitrogen and oxygen atoms in total. The molecule has 2 heterocycles. The van der Waals surface area contributed by atoms with Crippen molar-refractivity contribution in [3.63, 3.8) is 0 Å². The van der Waals surface area contributed by atoms with Crippen molar-refractivity contribution in [2.45, 2.75) is 6.92 Å². The molecule has 0 saturated carbocycles. The van der Waals surface area contributed by atoms with Gasteiger partial charge in [0.2, 0.25) is 0 Å². The van der Waals surface area contributed by atoms with Gasteiger partial charge in [-0.1, -0.05) is 42.5 Å². The molecule has 3 aromatic rings. The van der Waals surface area contributed by atoms with Crippen LogP contribution in [0.2, 0.25) is 0 Å². The van der Waals surface area contributed by atoms with Gasteiger partial charge in [-0.2, -0.15) is 0 Å². The Labute approximate surface area is 141 Å². The van der Waals surface area contributed by atoms with E-state index in [1.54, 1.807) is 0 Å².